The van der Waals surface area contributed by atoms with E-state index in [1.807, 2.05) is 47.4 Å². The predicted molar refractivity (Wildman–Crippen MR) is 136 cm³/mol. The normalized spacial score (nSPS) is 18.2. The van der Waals surface area contributed by atoms with E-state index in [4.69, 9.17) is 9.47 Å². The highest BCUT2D eigenvalue weighted by Gasteiger charge is 2.33. The molecular formula is C28H37N3O4. The van der Waals surface area contributed by atoms with Crippen molar-refractivity contribution in [3.8, 4) is 11.5 Å². The van der Waals surface area contributed by atoms with E-state index in [9.17, 15) is 9.59 Å². The molecular weight excluding hydrogens is 442 g/mol. The van der Waals surface area contributed by atoms with Gasteiger partial charge >= 0.3 is 6.03 Å². The first-order valence-corrected chi connectivity index (χ1v) is 12.7. The van der Waals surface area contributed by atoms with Crippen molar-refractivity contribution in [2.75, 3.05) is 27.3 Å². The molecule has 7 heteroatoms. The Balaban J connectivity index is 1.45. The zero-order valence-electron chi connectivity index (χ0n) is 20.8. The first-order valence-electron chi connectivity index (χ1n) is 12.7. The Kier molecular flexibility index (Phi) is 8.50. The van der Waals surface area contributed by atoms with Gasteiger partial charge in [-0.1, -0.05) is 56.0 Å². The second-order valence-corrected chi connectivity index (χ2v) is 9.40. The van der Waals surface area contributed by atoms with Crippen LogP contribution in [-0.4, -0.2) is 50.2 Å². The molecule has 188 valence electrons. The number of carbonyl (C=O) groups excluding carboxylic acids is 2. The number of methoxy groups -OCH3 is 2. The lowest BCUT2D eigenvalue weighted by Crippen LogP contribution is -2.47. The van der Waals surface area contributed by atoms with Crippen LogP contribution in [0, 0.1) is 0 Å². The van der Waals surface area contributed by atoms with Gasteiger partial charge in [0, 0.05) is 25.6 Å². The van der Waals surface area contributed by atoms with Crippen LogP contribution in [0.2, 0.25) is 0 Å². The minimum atomic E-state index is -0.250. The number of fused-ring (bicyclic) bond motifs is 1. The van der Waals surface area contributed by atoms with Gasteiger partial charge in [0.1, 0.15) is 0 Å². The van der Waals surface area contributed by atoms with Crippen LogP contribution in [0.1, 0.15) is 67.7 Å². The fraction of sp³-hybridized carbons (Fsp3) is 0.500. The Labute approximate surface area is 208 Å². The molecule has 2 aliphatic rings. The van der Waals surface area contributed by atoms with E-state index in [0.29, 0.717) is 31.0 Å². The molecule has 1 fully saturated rings. The lowest BCUT2D eigenvalue weighted by Gasteiger charge is -2.38. The number of nitrogens with one attached hydrogen (secondary N) is 2. The molecule has 0 radical (unpaired) electrons. The molecule has 2 aromatic carbocycles. The fourth-order valence-corrected chi connectivity index (χ4v) is 5.27. The monoisotopic (exact) mass is 479 g/mol. The minimum absolute atomic E-state index is 0.0117. The second kappa shape index (κ2) is 12.0. The van der Waals surface area contributed by atoms with Crippen molar-refractivity contribution in [3.63, 3.8) is 0 Å². The van der Waals surface area contributed by atoms with E-state index >= 15 is 0 Å². The smallest absolute Gasteiger partial charge is 0.318 e. The number of ether oxygens (including phenoxy) is 2. The molecule has 2 N–H and O–H groups in total. The van der Waals surface area contributed by atoms with E-state index in [2.05, 4.69) is 10.6 Å². The maximum absolute atomic E-state index is 13.3. The second-order valence-electron chi connectivity index (χ2n) is 9.40. The van der Waals surface area contributed by atoms with Crippen LogP contribution in [0.5, 0.6) is 11.5 Å². The standard InChI is InChI=1S/C28H37N3O4/c1-34-24-18-21-15-17-31(27(20-10-6-5-7-11-20)23(21)19-25(24)35-2)28(33)29-16-14-26(32)30-22-12-8-3-4-9-13-22/h5-7,10-11,18-19,22,27H,3-4,8-9,12-17H2,1-2H3,(H,29,33)(H,30,32)/t27-/m1/s1. The van der Waals surface area contributed by atoms with Crippen LogP contribution >= 0.6 is 0 Å². The van der Waals surface area contributed by atoms with Gasteiger partial charge in [0.2, 0.25) is 5.91 Å². The summed E-state index contributed by atoms with van der Waals surface area (Å²) in [6, 6.07) is 13.9. The number of amides is 3. The number of urea groups is 1. The molecule has 0 aromatic heterocycles. The molecule has 3 amide bonds. The molecule has 0 saturated heterocycles. The highest BCUT2D eigenvalue weighted by Crippen LogP contribution is 2.41. The average molecular weight is 480 g/mol. The zero-order valence-corrected chi connectivity index (χ0v) is 20.8. The average Bonchev–Trinajstić information content (AvgIpc) is 3.16. The summed E-state index contributed by atoms with van der Waals surface area (Å²) in [6.07, 6.45) is 7.97. The Morgan fingerprint density at radius 1 is 0.971 bits per heavy atom. The molecule has 2 aromatic rings. The summed E-state index contributed by atoms with van der Waals surface area (Å²) in [7, 11) is 3.25. The van der Waals surface area contributed by atoms with Gasteiger partial charge in [0.25, 0.3) is 0 Å². The molecule has 7 nitrogen and oxygen atoms in total. The van der Waals surface area contributed by atoms with E-state index in [0.717, 1.165) is 29.5 Å². The minimum Gasteiger partial charge on any atom is -0.493 e. The van der Waals surface area contributed by atoms with E-state index in [-0.39, 0.29) is 30.4 Å². The highest BCUT2D eigenvalue weighted by atomic mass is 16.5. The zero-order chi connectivity index (χ0) is 24.6. The van der Waals surface area contributed by atoms with Gasteiger partial charge in [0.05, 0.1) is 20.3 Å². The largest absolute Gasteiger partial charge is 0.493 e. The van der Waals surface area contributed by atoms with Crippen molar-refractivity contribution < 1.29 is 19.1 Å². The molecule has 1 atom stereocenters. The maximum Gasteiger partial charge on any atom is 0.318 e. The van der Waals surface area contributed by atoms with Crippen LogP contribution in [0.15, 0.2) is 42.5 Å². The van der Waals surface area contributed by atoms with E-state index in [1.165, 1.54) is 25.7 Å². The molecule has 1 heterocycles. The summed E-state index contributed by atoms with van der Waals surface area (Å²) < 4.78 is 11.1. The Hall–Kier alpha value is -3.22. The third-order valence-corrected chi connectivity index (χ3v) is 7.10. The Morgan fingerprint density at radius 3 is 2.34 bits per heavy atom. The lowest BCUT2D eigenvalue weighted by atomic mass is 9.88. The summed E-state index contributed by atoms with van der Waals surface area (Å²) in [4.78, 5) is 27.6. The number of nitrogens with zero attached hydrogens (tertiary/aromatic N) is 1. The van der Waals surface area contributed by atoms with Crippen molar-refractivity contribution in [2.45, 2.75) is 63.5 Å². The number of hydrogen-bond donors (Lipinski definition) is 2. The number of benzene rings is 2. The maximum atomic E-state index is 13.3. The third kappa shape index (κ3) is 6.08. The molecule has 0 bridgehead atoms. The summed E-state index contributed by atoms with van der Waals surface area (Å²) in [5.41, 5.74) is 3.20. The first-order chi connectivity index (χ1) is 17.1. The van der Waals surface area contributed by atoms with Gasteiger partial charge in [-0.25, -0.2) is 4.79 Å². The highest BCUT2D eigenvalue weighted by molar-refractivity contribution is 5.79. The number of rotatable bonds is 7. The van der Waals surface area contributed by atoms with Crippen molar-refractivity contribution in [1.29, 1.82) is 0 Å². The number of carbonyl (C=O) groups is 2. The van der Waals surface area contributed by atoms with E-state index in [1.54, 1.807) is 14.2 Å². The fourth-order valence-electron chi connectivity index (χ4n) is 5.27. The summed E-state index contributed by atoms with van der Waals surface area (Å²) in [6.45, 7) is 0.885. The number of hydrogen-bond acceptors (Lipinski definition) is 4. The van der Waals surface area contributed by atoms with Gasteiger partial charge in [-0.05, 0) is 48.1 Å². The predicted octanol–water partition coefficient (Wildman–Crippen LogP) is 4.59. The SMILES string of the molecule is COc1cc2c(cc1OC)[C@@H](c1ccccc1)N(C(=O)NCCC(=O)NC1CCCCCC1)CC2. The molecule has 1 saturated carbocycles. The van der Waals surface area contributed by atoms with Crippen LogP contribution < -0.4 is 20.1 Å². The first kappa shape index (κ1) is 24.9. The van der Waals surface area contributed by atoms with Crippen LogP contribution in [-0.2, 0) is 11.2 Å². The van der Waals surface area contributed by atoms with Crippen molar-refractivity contribution >= 4 is 11.9 Å². The van der Waals surface area contributed by atoms with Crippen LogP contribution in [0.25, 0.3) is 0 Å². The van der Waals surface area contributed by atoms with Gasteiger partial charge in [-0.3, -0.25) is 4.79 Å². The summed E-state index contributed by atoms with van der Waals surface area (Å²) >= 11 is 0. The lowest BCUT2D eigenvalue weighted by molar-refractivity contribution is -0.121. The molecule has 0 unspecified atom stereocenters. The summed E-state index contributed by atoms with van der Waals surface area (Å²) in [5, 5.41) is 6.14. The molecule has 35 heavy (non-hydrogen) atoms. The van der Waals surface area contributed by atoms with Crippen molar-refractivity contribution in [3.05, 3.63) is 59.2 Å². The van der Waals surface area contributed by atoms with Crippen LogP contribution in [0.4, 0.5) is 4.79 Å². The topological polar surface area (TPSA) is 79.9 Å². The molecule has 1 aliphatic carbocycles. The van der Waals surface area contributed by atoms with Gasteiger partial charge in [0.15, 0.2) is 11.5 Å². The van der Waals surface area contributed by atoms with Crippen LogP contribution in [0.3, 0.4) is 0 Å². The summed E-state index contributed by atoms with van der Waals surface area (Å²) in [5.74, 6) is 1.35. The molecule has 4 rings (SSSR count). The van der Waals surface area contributed by atoms with Gasteiger partial charge in [-0.2, -0.15) is 0 Å². The molecule has 1 aliphatic heterocycles. The van der Waals surface area contributed by atoms with Crippen molar-refractivity contribution in [2.24, 2.45) is 0 Å². The quantitative estimate of drug-likeness (QED) is 0.570. The van der Waals surface area contributed by atoms with Gasteiger partial charge in [-0.15, -0.1) is 0 Å². The Morgan fingerprint density at radius 2 is 1.66 bits per heavy atom. The molecule has 0 spiro atoms. The third-order valence-electron chi connectivity index (χ3n) is 7.10. The Bertz CT molecular complexity index is 1000. The van der Waals surface area contributed by atoms with Gasteiger partial charge < -0.3 is 25.0 Å². The van der Waals surface area contributed by atoms with E-state index < -0.39 is 0 Å². The van der Waals surface area contributed by atoms with Crippen molar-refractivity contribution in [1.82, 2.24) is 15.5 Å².